The predicted molar refractivity (Wildman–Crippen MR) is 134 cm³/mol. The third-order valence-electron chi connectivity index (χ3n) is 7.08. The molecule has 0 spiro atoms. The summed E-state index contributed by atoms with van der Waals surface area (Å²) in [6.07, 6.45) is 7.79. The predicted octanol–water partition coefficient (Wildman–Crippen LogP) is 3.29. The fourth-order valence-corrected chi connectivity index (χ4v) is 5.13. The van der Waals surface area contributed by atoms with Crippen LogP contribution in [0.1, 0.15) is 54.4 Å². The number of carbonyl (C=O) groups is 2. The zero-order valence-electron chi connectivity index (χ0n) is 20.5. The quantitative estimate of drug-likeness (QED) is 0.550. The Morgan fingerprint density at radius 3 is 2.67 bits per heavy atom. The van der Waals surface area contributed by atoms with E-state index in [9.17, 15) is 9.59 Å². The highest BCUT2D eigenvalue weighted by molar-refractivity contribution is 5.94. The molecule has 1 saturated heterocycles. The van der Waals surface area contributed by atoms with Crippen LogP contribution < -0.4 is 4.74 Å². The highest BCUT2D eigenvalue weighted by Gasteiger charge is 2.26. The van der Waals surface area contributed by atoms with Crippen LogP contribution >= 0.6 is 0 Å². The van der Waals surface area contributed by atoms with Crippen molar-refractivity contribution in [3.05, 3.63) is 66.0 Å². The third kappa shape index (κ3) is 5.72. The largest absolute Gasteiger partial charge is 0.492 e. The first-order valence-electron chi connectivity index (χ1n) is 12.8. The molecule has 0 aliphatic carbocycles. The van der Waals surface area contributed by atoms with Crippen molar-refractivity contribution in [1.82, 2.24) is 30.0 Å². The third-order valence-corrected chi connectivity index (χ3v) is 7.08. The smallest absolute Gasteiger partial charge is 0.253 e. The van der Waals surface area contributed by atoms with Gasteiger partial charge in [-0.3, -0.25) is 9.59 Å². The van der Waals surface area contributed by atoms with Crippen LogP contribution in [-0.2, 0) is 11.2 Å². The van der Waals surface area contributed by atoms with Crippen LogP contribution in [0.4, 0.5) is 0 Å². The van der Waals surface area contributed by atoms with Gasteiger partial charge < -0.3 is 14.5 Å². The molecule has 2 aliphatic rings. The van der Waals surface area contributed by atoms with E-state index in [4.69, 9.17) is 4.74 Å². The van der Waals surface area contributed by atoms with Crippen molar-refractivity contribution in [2.45, 2.75) is 51.0 Å². The molecule has 2 aromatic carbocycles. The van der Waals surface area contributed by atoms with Crippen LogP contribution in [0.5, 0.6) is 5.75 Å². The van der Waals surface area contributed by atoms with E-state index >= 15 is 0 Å². The molecule has 9 heteroatoms. The van der Waals surface area contributed by atoms with E-state index in [2.05, 4.69) is 32.6 Å². The van der Waals surface area contributed by atoms with Crippen molar-refractivity contribution in [3.63, 3.8) is 0 Å². The molecule has 9 nitrogen and oxygen atoms in total. The molecule has 1 unspecified atom stereocenters. The van der Waals surface area contributed by atoms with Gasteiger partial charge in [-0.05, 0) is 90.9 Å². The number of aromatic nitrogens is 4. The average molecular weight is 489 g/mol. The number of carbonyl (C=O) groups excluding carboxylic acids is 2. The lowest BCUT2D eigenvalue weighted by molar-refractivity contribution is -0.135. The summed E-state index contributed by atoms with van der Waals surface area (Å²) in [4.78, 5) is 30.4. The standard InChI is InChI=1S/C27H32N6O3/c34-26-8-4-15-31(27(35)22-10-13-24(14-11-22)33-20-28-29-30-33)17-18-36-25-7-3-5-21(19-25)9-12-23-6-1-2-16-32(23)26/h3,5,7,10-11,13-14,19-20,23H,1-2,4,6,8-9,12,15-18H2. The Morgan fingerprint density at radius 1 is 0.944 bits per heavy atom. The summed E-state index contributed by atoms with van der Waals surface area (Å²) in [5.74, 6) is 0.943. The number of hydrogen-bond donors (Lipinski definition) is 0. The first-order valence-corrected chi connectivity index (χ1v) is 12.8. The number of piperidine rings is 1. The molecule has 2 bridgehead atoms. The molecule has 0 N–H and O–H groups in total. The van der Waals surface area contributed by atoms with Gasteiger partial charge in [-0.15, -0.1) is 5.10 Å². The topological polar surface area (TPSA) is 93.5 Å². The van der Waals surface area contributed by atoms with E-state index in [1.807, 2.05) is 24.3 Å². The number of hydrogen-bond acceptors (Lipinski definition) is 6. The molecule has 0 saturated carbocycles. The summed E-state index contributed by atoms with van der Waals surface area (Å²) in [6.45, 7) is 2.17. The lowest BCUT2D eigenvalue weighted by Crippen LogP contribution is -2.44. The van der Waals surface area contributed by atoms with Gasteiger partial charge in [0.15, 0.2) is 0 Å². The molecule has 1 fully saturated rings. The molecule has 2 amide bonds. The van der Waals surface area contributed by atoms with Crippen LogP contribution in [-0.4, -0.2) is 74.1 Å². The fraction of sp³-hybridized carbons (Fsp3) is 0.444. The van der Waals surface area contributed by atoms with Gasteiger partial charge in [0, 0.05) is 31.1 Å². The minimum Gasteiger partial charge on any atom is -0.492 e. The number of ether oxygens (including phenoxy) is 1. The van der Waals surface area contributed by atoms with E-state index in [0.29, 0.717) is 38.1 Å². The van der Waals surface area contributed by atoms with Crippen molar-refractivity contribution in [2.75, 3.05) is 26.2 Å². The second-order valence-electron chi connectivity index (χ2n) is 9.47. The summed E-state index contributed by atoms with van der Waals surface area (Å²) in [7, 11) is 0. The van der Waals surface area contributed by atoms with E-state index in [-0.39, 0.29) is 17.9 Å². The number of nitrogens with zero attached hydrogens (tertiary/aromatic N) is 6. The maximum atomic E-state index is 13.4. The Kier molecular flexibility index (Phi) is 7.54. The van der Waals surface area contributed by atoms with Crippen LogP contribution in [0.25, 0.3) is 5.69 Å². The Hall–Kier alpha value is -3.75. The van der Waals surface area contributed by atoms with E-state index in [0.717, 1.165) is 43.7 Å². The zero-order valence-corrected chi connectivity index (χ0v) is 20.5. The number of fused-ring (bicyclic) bond motifs is 3. The Bertz CT molecular complexity index is 1160. The second-order valence-corrected chi connectivity index (χ2v) is 9.47. The van der Waals surface area contributed by atoms with Gasteiger partial charge in [-0.25, -0.2) is 4.68 Å². The van der Waals surface area contributed by atoms with E-state index < -0.39 is 0 Å². The number of aryl methyl sites for hydroxylation is 1. The van der Waals surface area contributed by atoms with Gasteiger partial charge in [0.1, 0.15) is 18.7 Å². The summed E-state index contributed by atoms with van der Waals surface area (Å²) < 4.78 is 7.58. The highest BCUT2D eigenvalue weighted by atomic mass is 16.5. The van der Waals surface area contributed by atoms with Crippen LogP contribution in [0.3, 0.4) is 0 Å². The normalized spacial score (nSPS) is 19.6. The van der Waals surface area contributed by atoms with Gasteiger partial charge in [0.05, 0.1) is 12.2 Å². The molecule has 3 aromatic rings. The van der Waals surface area contributed by atoms with Gasteiger partial charge in [-0.1, -0.05) is 12.1 Å². The number of rotatable bonds is 2. The molecular formula is C27H32N6O3. The maximum Gasteiger partial charge on any atom is 0.253 e. The molecule has 188 valence electrons. The monoisotopic (exact) mass is 488 g/mol. The Balaban J connectivity index is 1.32. The Labute approximate surface area is 211 Å². The average Bonchev–Trinajstić information content (AvgIpc) is 3.46. The minimum atomic E-state index is -0.0803. The van der Waals surface area contributed by atoms with E-state index in [1.54, 1.807) is 21.7 Å². The lowest BCUT2D eigenvalue weighted by atomic mass is 9.95. The van der Waals surface area contributed by atoms with Crippen molar-refractivity contribution < 1.29 is 14.3 Å². The summed E-state index contributed by atoms with van der Waals surface area (Å²) >= 11 is 0. The number of benzene rings is 2. The molecule has 2 aliphatic heterocycles. The Morgan fingerprint density at radius 2 is 1.83 bits per heavy atom. The summed E-state index contributed by atoms with van der Waals surface area (Å²) in [6, 6.07) is 15.7. The van der Waals surface area contributed by atoms with Gasteiger partial charge in [-0.2, -0.15) is 0 Å². The van der Waals surface area contributed by atoms with Crippen LogP contribution in [0, 0.1) is 0 Å². The van der Waals surface area contributed by atoms with Crippen LogP contribution in [0.2, 0.25) is 0 Å². The zero-order chi connectivity index (χ0) is 24.7. The maximum absolute atomic E-state index is 13.4. The van der Waals surface area contributed by atoms with Crippen molar-refractivity contribution >= 4 is 11.8 Å². The van der Waals surface area contributed by atoms with Gasteiger partial charge in [0.25, 0.3) is 5.91 Å². The molecule has 3 heterocycles. The first kappa shape index (κ1) is 24.0. The number of amides is 2. The molecule has 0 radical (unpaired) electrons. The molecule has 5 rings (SSSR count). The van der Waals surface area contributed by atoms with Crippen molar-refractivity contribution in [2.24, 2.45) is 0 Å². The molecule has 36 heavy (non-hydrogen) atoms. The molecule has 1 aromatic heterocycles. The summed E-state index contributed by atoms with van der Waals surface area (Å²) in [5, 5.41) is 11.2. The van der Waals surface area contributed by atoms with Gasteiger partial charge >= 0.3 is 0 Å². The molecular weight excluding hydrogens is 456 g/mol. The lowest BCUT2D eigenvalue weighted by Gasteiger charge is -2.36. The van der Waals surface area contributed by atoms with Gasteiger partial charge in [0.2, 0.25) is 5.91 Å². The van der Waals surface area contributed by atoms with Crippen molar-refractivity contribution in [1.29, 1.82) is 0 Å². The SMILES string of the molecule is O=C(c1ccc(-n2cnnn2)cc1)N1CCCC(=O)N2CCCCC2CCc2cccc(c2)OCC1. The first-order chi connectivity index (χ1) is 17.7. The highest BCUT2D eigenvalue weighted by Crippen LogP contribution is 2.24. The van der Waals surface area contributed by atoms with Crippen molar-refractivity contribution in [3.8, 4) is 11.4 Å². The molecule has 1 atom stereocenters. The van der Waals surface area contributed by atoms with E-state index in [1.165, 1.54) is 18.3 Å². The fourth-order valence-electron chi connectivity index (χ4n) is 5.13. The number of tetrazole rings is 1. The summed E-state index contributed by atoms with van der Waals surface area (Å²) in [5.41, 5.74) is 2.57. The second kappa shape index (κ2) is 11.3. The van der Waals surface area contributed by atoms with Crippen LogP contribution in [0.15, 0.2) is 54.9 Å². The minimum absolute atomic E-state index is 0.0803.